The lowest BCUT2D eigenvalue weighted by Crippen LogP contribution is -2.36. The van der Waals surface area contributed by atoms with Crippen LogP contribution in [0.2, 0.25) is 0 Å². The van der Waals surface area contributed by atoms with E-state index in [9.17, 15) is 5.11 Å². The van der Waals surface area contributed by atoms with Crippen LogP contribution < -0.4 is 0 Å². The Morgan fingerprint density at radius 3 is 1.94 bits per heavy atom. The largest absolute Gasteiger partial charge is 0.390 e. The van der Waals surface area contributed by atoms with Crippen LogP contribution in [-0.2, 0) is 0 Å². The molecule has 0 aromatic heterocycles. The van der Waals surface area contributed by atoms with Gasteiger partial charge in [0.2, 0.25) is 0 Å². The summed E-state index contributed by atoms with van der Waals surface area (Å²) in [5.41, 5.74) is -0.388. The van der Waals surface area contributed by atoms with Crippen molar-refractivity contribution in [2.45, 2.75) is 91.1 Å². The Labute approximate surface area is 103 Å². The molecule has 0 fully saturated rings. The van der Waals surface area contributed by atoms with E-state index >= 15 is 0 Å². The predicted octanol–water partition coefficient (Wildman–Crippen LogP) is 4.92. The molecule has 0 aliphatic carbocycles. The minimum absolute atomic E-state index is 0.388. The zero-order valence-corrected chi connectivity index (χ0v) is 11.9. The van der Waals surface area contributed by atoms with Crippen molar-refractivity contribution in [3.63, 3.8) is 0 Å². The van der Waals surface area contributed by atoms with Crippen molar-refractivity contribution in [2.24, 2.45) is 5.92 Å². The second-order valence-electron chi connectivity index (χ2n) is 5.35. The summed E-state index contributed by atoms with van der Waals surface area (Å²) in [7, 11) is 0. The fourth-order valence-corrected chi connectivity index (χ4v) is 2.48. The molecule has 0 heterocycles. The predicted molar refractivity (Wildman–Crippen MR) is 72.7 cm³/mol. The van der Waals surface area contributed by atoms with Gasteiger partial charge in [-0.05, 0) is 25.2 Å². The van der Waals surface area contributed by atoms with Crippen LogP contribution in [0.25, 0.3) is 0 Å². The van der Waals surface area contributed by atoms with Crippen molar-refractivity contribution in [1.82, 2.24) is 0 Å². The van der Waals surface area contributed by atoms with Gasteiger partial charge in [0, 0.05) is 0 Å². The molecule has 0 aromatic carbocycles. The lowest BCUT2D eigenvalue weighted by Gasteiger charge is -2.34. The molecule has 0 saturated heterocycles. The summed E-state index contributed by atoms with van der Waals surface area (Å²) in [6.45, 7) is 8.87. The topological polar surface area (TPSA) is 20.2 Å². The smallest absolute Gasteiger partial charge is 0.0673 e. The molecule has 98 valence electrons. The first-order chi connectivity index (χ1) is 7.60. The highest BCUT2D eigenvalue weighted by molar-refractivity contribution is 4.83. The molecule has 0 aliphatic heterocycles. The van der Waals surface area contributed by atoms with E-state index in [1.54, 1.807) is 0 Å². The minimum Gasteiger partial charge on any atom is -0.390 e. The van der Waals surface area contributed by atoms with Crippen LogP contribution in [0.3, 0.4) is 0 Å². The van der Waals surface area contributed by atoms with Crippen molar-refractivity contribution in [2.75, 3.05) is 0 Å². The van der Waals surface area contributed by atoms with Crippen molar-refractivity contribution >= 4 is 0 Å². The van der Waals surface area contributed by atoms with Gasteiger partial charge in [-0.25, -0.2) is 0 Å². The zero-order chi connectivity index (χ0) is 12.4. The van der Waals surface area contributed by atoms with Crippen LogP contribution in [0.4, 0.5) is 0 Å². The molecule has 2 unspecified atom stereocenters. The molecule has 1 heteroatoms. The molecule has 0 spiro atoms. The number of hydrogen-bond acceptors (Lipinski definition) is 1. The normalized spacial score (nSPS) is 17.1. The van der Waals surface area contributed by atoms with Gasteiger partial charge in [-0.3, -0.25) is 0 Å². The average Bonchev–Trinajstić information content (AvgIpc) is 2.27. The fraction of sp³-hybridized carbons (Fsp3) is 1.00. The Morgan fingerprint density at radius 1 is 0.875 bits per heavy atom. The number of aliphatic hydroxyl groups is 1. The van der Waals surface area contributed by atoms with Crippen LogP contribution >= 0.6 is 0 Å². The second-order valence-corrected chi connectivity index (χ2v) is 5.35. The standard InChI is InChI=1S/C15H32O/c1-5-8-10-13-15(16,12-9-6-2)14(4)11-7-3/h14,16H,5-13H2,1-4H3. The first-order valence-corrected chi connectivity index (χ1v) is 7.33. The van der Waals surface area contributed by atoms with Crippen LogP contribution in [0.1, 0.15) is 85.5 Å². The Hall–Kier alpha value is -0.0400. The van der Waals surface area contributed by atoms with Gasteiger partial charge in [0.1, 0.15) is 0 Å². The molecule has 16 heavy (non-hydrogen) atoms. The van der Waals surface area contributed by atoms with Crippen LogP contribution in [0, 0.1) is 5.92 Å². The van der Waals surface area contributed by atoms with Crippen molar-refractivity contribution in [3.8, 4) is 0 Å². The van der Waals surface area contributed by atoms with E-state index in [1.165, 1.54) is 32.1 Å². The Kier molecular flexibility index (Phi) is 9.02. The lowest BCUT2D eigenvalue weighted by atomic mass is 9.78. The van der Waals surface area contributed by atoms with E-state index in [1.807, 2.05) is 0 Å². The molecule has 2 atom stereocenters. The summed E-state index contributed by atoms with van der Waals surface area (Å²) < 4.78 is 0. The van der Waals surface area contributed by atoms with E-state index in [0.29, 0.717) is 5.92 Å². The van der Waals surface area contributed by atoms with Gasteiger partial charge in [-0.1, -0.05) is 66.2 Å². The summed E-state index contributed by atoms with van der Waals surface area (Å²) >= 11 is 0. The molecular formula is C15H32O. The second kappa shape index (κ2) is 9.04. The highest BCUT2D eigenvalue weighted by Crippen LogP contribution is 2.32. The summed E-state index contributed by atoms with van der Waals surface area (Å²) in [4.78, 5) is 0. The van der Waals surface area contributed by atoms with Gasteiger partial charge in [-0.2, -0.15) is 0 Å². The lowest BCUT2D eigenvalue weighted by molar-refractivity contribution is -0.0340. The van der Waals surface area contributed by atoms with Crippen molar-refractivity contribution in [3.05, 3.63) is 0 Å². The molecule has 1 nitrogen and oxygen atoms in total. The summed E-state index contributed by atoms with van der Waals surface area (Å²) in [5.74, 6) is 0.459. The molecule has 0 rings (SSSR count). The van der Waals surface area contributed by atoms with Gasteiger partial charge in [0.25, 0.3) is 0 Å². The SMILES string of the molecule is CCCCCC(O)(CCCC)C(C)CCC. The maximum atomic E-state index is 10.8. The molecule has 0 bridgehead atoms. The molecule has 0 aliphatic rings. The third-order valence-electron chi connectivity index (χ3n) is 3.82. The Morgan fingerprint density at radius 2 is 1.44 bits per heavy atom. The maximum Gasteiger partial charge on any atom is 0.0673 e. The van der Waals surface area contributed by atoms with Crippen molar-refractivity contribution < 1.29 is 5.11 Å². The number of unbranched alkanes of at least 4 members (excludes halogenated alkanes) is 3. The quantitative estimate of drug-likeness (QED) is 0.526. The first-order valence-electron chi connectivity index (χ1n) is 7.33. The maximum absolute atomic E-state index is 10.8. The third kappa shape index (κ3) is 5.89. The Bertz CT molecular complexity index is 156. The summed E-state index contributed by atoms with van der Waals surface area (Å²) in [6.07, 6.45) is 10.4. The first kappa shape index (κ1) is 16.0. The molecular weight excluding hydrogens is 196 g/mol. The molecule has 1 N–H and O–H groups in total. The molecule has 0 amide bonds. The average molecular weight is 228 g/mol. The van der Waals surface area contributed by atoms with Gasteiger partial charge in [-0.15, -0.1) is 0 Å². The third-order valence-corrected chi connectivity index (χ3v) is 3.82. The minimum atomic E-state index is -0.388. The Balaban J connectivity index is 4.22. The monoisotopic (exact) mass is 228 g/mol. The molecule has 0 radical (unpaired) electrons. The van der Waals surface area contributed by atoms with E-state index in [4.69, 9.17) is 0 Å². The number of hydrogen-bond donors (Lipinski definition) is 1. The van der Waals surface area contributed by atoms with Gasteiger partial charge in [0.15, 0.2) is 0 Å². The van der Waals surface area contributed by atoms with Gasteiger partial charge < -0.3 is 5.11 Å². The van der Waals surface area contributed by atoms with Crippen LogP contribution in [-0.4, -0.2) is 10.7 Å². The van der Waals surface area contributed by atoms with Gasteiger partial charge >= 0.3 is 0 Å². The summed E-state index contributed by atoms with van der Waals surface area (Å²) in [6, 6.07) is 0. The molecule has 0 aromatic rings. The summed E-state index contributed by atoms with van der Waals surface area (Å²) in [5, 5.41) is 10.8. The van der Waals surface area contributed by atoms with E-state index in [2.05, 4.69) is 27.7 Å². The molecule has 0 saturated carbocycles. The highest BCUT2D eigenvalue weighted by atomic mass is 16.3. The van der Waals surface area contributed by atoms with E-state index in [-0.39, 0.29) is 5.60 Å². The van der Waals surface area contributed by atoms with Crippen molar-refractivity contribution in [1.29, 1.82) is 0 Å². The zero-order valence-electron chi connectivity index (χ0n) is 11.9. The fourth-order valence-electron chi connectivity index (χ4n) is 2.48. The van der Waals surface area contributed by atoms with Crippen LogP contribution in [0.5, 0.6) is 0 Å². The van der Waals surface area contributed by atoms with Gasteiger partial charge in [0.05, 0.1) is 5.60 Å². The van der Waals surface area contributed by atoms with E-state index in [0.717, 1.165) is 25.7 Å². The van der Waals surface area contributed by atoms with E-state index < -0.39 is 0 Å². The highest BCUT2D eigenvalue weighted by Gasteiger charge is 2.31. The van der Waals surface area contributed by atoms with Crippen LogP contribution in [0.15, 0.2) is 0 Å². The number of rotatable bonds is 10.